The SMILES string of the molecule is NCCc1ccc(-c2ccc3c(c2)OCCO3)nn1. The van der Waals surface area contributed by atoms with Gasteiger partial charge < -0.3 is 15.2 Å². The lowest BCUT2D eigenvalue weighted by Gasteiger charge is -2.18. The van der Waals surface area contributed by atoms with Gasteiger partial charge in [-0.1, -0.05) is 0 Å². The zero-order valence-corrected chi connectivity index (χ0v) is 10.5. The molecule has 0 amide bonds. The summed E-state index contributed by atoms with van der Waals surface area (Å²) >= 11 is 0. The molecule has 0 aliphatic carbocycles. The van der Waals surface area contributed by atoms with E-state index in [0.29, 0.717) is 19.8 Å². The van der Waals surface area contributed by atoms with Gasteiger partial charge in [0.15, 0.2) is 11.5 Å². The Kier molecular flexibility index (Phi) is 3.29. The fraction of sp³-hybridized carbons (Fsp3) is 0.286. The molecule has 5 nitrogen and oxygen atoms in total. The molecule has 1 aliphatic rings. The zero-order chi connectivity index (χ0) is 13.1. The molecule has 0 atom stereocenters. The fourth-order valence-corrected chi connectivity index (χ4v) is 2.00. The monoisotopic (exact) mass is 257 g/mol. The summed E-state index contributed by atoms with van der Waals surface area (Å²) in [6.07, 6.45) is 0.744. The van der Waals surface area contributed by atoms with E-state index in [1.807, 2.05) is 30.3 Å². The van der Waals surface area contributed by atoms with E-state index >= 15 is 0 Å². The van der Waals surface area contributed by atoms with Crippen LogP contribution < -0.4 is 15.2 Å². The minimum atomic E-state index is 0.581. The summed E-state index contributed by atoms with van der Waals surface area (Å²) in [4.78, 5) is 0. The van der Waals surface area contributed by atoms with Crippen molar-refractivity contribution in [3.05, 3.63) is 36.0 Å². The van der Waals surface area contributed by atoms with Crippen LogP contribution in [0.3, 0.4) is 0 Å². The van der Waals surface area contributed by atoms with Gasteiger partial charge in [-0.2, -0.15) is 10.2 Å². The molecule has 1 aromatic carbocycles. The van der Waals surface area contributed by atoms with Gasteiger partial charge in [-0.15, -0.1) is 0 Å². The average Bonchev–Trinajstić information content (AvgIpc) is 2.48. The Morgan fingerprint density at radius 2 is 1.84 bits per heavy atom. The molecule has 2 N–H and O–H groups in total. The maximum absolute atomic E-state index is 5.56. The molecule has 0 spiro atoms. The van der Waals surface area contributed by atoms with Crippen LogP contribution in [0.2, 0.25) is 0 Å². The van der Waals surface area contributed by atoms with Gasteiger partial charge in [-0.05, 0) is 36.9 Å². The smallest absolute Gasteiger partial charge is 0.162 e. The van der Waals surface area contributed by atoms with Crippen LogP contribution in [0, 0.1) is 0 Å². The zero-order valence-electron chi connectivity index (χ0n) is 10.5. The summed E-state index contributed by atoms with van der Waals surface area (Å²) in [5.74, 6) is 1.54. The minimum absolute atomic E-state index is 0.581. The summed E-state index contributed by atoms with van der Waals surface area (Å²) in [5, 5.41) is 8.37. The average molecular weight is 257 g/mol. The Morgan fingerprint density at radius 1 is 1.00 bits per heavy atom. The normalized spacial score (nSPS) is 13.3. The van der Waals surface area contributed by atoms with Crippen LogP contribution >= 0.6 is 0 Å². The topological polar surface area (TPSA) is 70.3 Å². The number of nitrogens with two attached hydrogens (primary N) is 1. The molecule has 0 unspecified atom stereocenters. The highest BCUT2D eigenvalue weighted by molar-refractivity contribution is 5.63. The molecular weight excluding hydrogens is 242 g/mol. The lowest BCUT2D eigenvalue weighted by Crippen LogP contribution is -2.15. The summed E-state index contributed by atoms with van der Waals surface area (Å²) < 4.78 is 11.0. The van der Waals surface area contributed by atoms with E-state index in [0.717, 1.165) is 34.9 Å². The van der Waals surface area contributed by atoms with Crippen LogP contribution in [-0.4, -0.2) is 30.0 Å². The van der Waals surface area contributed by atoms with Crippen molar-refractivity contribution in [2.75, 3.05) is 19.8 Å². The first-order valence-corrected chi connectivity index (χ1v) is 6.29. The minimum Gasteiger partial charge on any atom is -0.486 e. The third kappa shape index (κ3) is 2.51. The van der Waals surface area contributed by atoms with Crippen LogP contribution in [0.1, 0.15) is 5.69 Å². The van der Waals surface area contributed by atoms with Crippen LogP contribution in [0.15, 0.2) is 30.3 Å². The highest BCUT2D eigenvalue weighted by Gasteiger charge is 2.12. The van der Waals surface area contributed by atoms with E-state index in [1.165, 1.54) is 0 Å². The number of rotatable bonds is 3. The van der Waals surface area contributed by atoms with Gasteiger partial charge in [0.25, 0.3) is 0 Å². The number of nitrogens with zero attached hydrogens (tertiary/aromatic N) is 2. The number of hydrogen-bond acceptors (Lipinski definition) is 5. The first-order chi connectivity index (χ1) is 9.36. The van der Waals surface area contributed by atoms with Gasteiger partial charge in [-0.3, -0.25) is 0 Å². The first kappa shape index (κ1) is 11.9. The van der Waals surface area contributed by atoms with Crippen molar-refractivity contribution in [2.45, 2.75) is 6.42 Å². The highest BCUT2D eigenvalue weighted by atomic mass is 16.6. The Hall–Kier alpha value is -2.14. The van der Waals surface area contributed by atoms with Crippen LogP contribution in [0.5, 0.6) is 11.5 Å². The Bertz CT molecular complexity index is 569. The maximum atomic E-state index is 5.56. The molecular formula is C14H15N3O2. The summed E-state index contributed by atoms with van der Waals surface area (Å²) in [6.45, 7) is 1.76. The second kappa shape index (κ2) is 5.24. The van der Waals surface area contributed by atoms with Gasteiger partial charge in [0.1, 0.15) is 13.2 Å². The van der Waals surface area contributed by atoms with Crippen molar-refractivity contribution in [3.8, 4) is 22.8 Å². The summed E-state index contributed by atoms with van der Waals surface area (Å²) in [5.41, 5.74) is 8.18. The van der Waals surface area contributed by atoms with Crippen LogP contribution in [0.4, 0.5) is 0 Å². The molecule has 19 heavy (non-hydrogen) atoms. The van der Waals surface area contributed by atoms with Crippen molar-refractivity contribution in [2.24, 2.45) is 5.73 Å². The first-order valence-electron chi connectivity index (χ1n) is 6.29. The van der Waals surface area contributed by atoms with Crippen molar-refractivity contribution in [1.82, 2.24) is 10.2 Å². The van der Waals surface area contributed by atoms with Gasteiger partial charge in [0, 0.05) is 12.0 Å². The Labute approximate surface area is 111 Å². The van der Waals surface area contributed by atoms with Gasteiger partial charge >= 0.3 is 0 Å². The van der Waals surface area contributed by atoms with E-state index in [4.69, 9.17) is 15.2 Å². The van der Waals surface area contributed by atoms with Crippen molar-refractivity contribution < 1.29 is 9.47 Å². The maximum Gasteiger partial charge on any atom is 0.162 e. The largest absolute Gasteiger partial charge is 0.486 e. The predicted octanol–water partition coefficient (Wildman–Crippen LogP) is 1.42. The predicted molar refractivity (Wildman–Crippen MR) is 71.2 cm³/mol. The summed E-state index contributed by atoms with van der Waals surface area (Å²) in [6, 6.07) is 9.69. The number of hydrogen-bond donors (Lipinski definition) is 1. The molecule has 0 fully saturated rings. The molecule has 5 heteroatoms. The number of ether oxygens (including phenoxy) is 2. The standard InChI is InChI=1S/C14H15N3O2/c15-6-5-11-2-3-12(17-16-11)10-1-4-13-14(9-10)19-8-7-18-13/h1-4,9H,5-8,15H2. The molecule has 3 rings (SSSR count). The molecule has 0 saturated carbocycles. The lowest BCUT2D eigenvalue weighted by molar-refractivity contribution is 0.171. The second-order valence-corrected chi connectivity index (χ2v) is 4.31. The van der Waals surface area contributed by atoms with E-state index in [9.17, 15) is 0 Å². The molecule has 0 radical (unpaired) electrons. The molecule has 98 valence electrons. The van der Waals surface area contributed by atoms with E-state index in [1.54, 1.807) is 0 Å². The Morgan fingerprint density at radius 3 is 2.58 bits per heavy atom. The molecule has 1 aromatic heterocycles. The third-order valence-electron chi connectivity index (χ3n) is 2.96. The third-order valence-corrected chi connectivity index (χ3v) is 2.96. The van der Waals surface area contributed by atoms with E-state index < -0.39 is 0 Å². The highest BCUT2D eigenvalue weighted by Crippen LogP contribution is 2.33. The number of fused-ring (bicyclic) bond motifs is 1. The number of aromatic nitrogens is 2. The Balaban J connectivity index is 1.89. The van der Waals surface area contributed by atoms with E-state index in [2.05, 4.69) is 10.2 Å². The van der Waals surface area contributed by atoms with Crippen molar-refractivity contribution in [1.29, 1.82) is 0 Å². The molecule has 2 aromatic rings. The summed E-state index contributed by atoms with van der Waals surface area (Å²) in [7, 11) is 0. The molecule has 0 saturated heterocycles. The molecule has 2 heterocycles. The van der Waals surface area contributed by atoms with Gasteiger partial charge in [0.05, 0.1) is 11.4 Å². The second-order valence-electron chi connectivity index (χ2n) is 4.31. The fourth-order valence-electron chi connectivity index (χ4n) is 2.00. The quantitative estimate of drug-likeness (QED) is 0.900. The van der Waals surface area contributed by atoms with E-state index in [-0.39, 0.29) is 0 Å². The van der Waals surface area contributed by atoms with Crippen LogP contribution in [0.25, 0.3) is 11.3 Å². The van der Waals surface area contributed by atoms with Crippen LogP contribution in [-0.2, 0) is 6.42 Å². The lowest BCUT2D eigenvalue weighted by atomic mass is 10.1. The van der Waals surface area contributed by atoms with Crippen molar-refractivity contribution >= 4 is 0 Å². The van der Waals surface area contributed by atoms with Gasteiger partial charge in [0.2, 0.25) is 0 Å². The molecule has 1 aliphatic heterocycles. The number of benzene rings is 1. The van der Waals surface area contributed by atoms with Gasteiger partial charge in [-0.25, -0.2) is 0 Å². The van der Waals surface area contributed by atoms with Crippen molar-refractivity contribution in [3.63, 3.8) is 0 Å². The molecule has 0 bridgehead atoms.